The van der Waals surface area contributed by atoms with Crippen LogP contribution in [0, 0.1) is 25.7 Å². The predicted molar refractivity (Wildman–Crippen MR) is 415 cm³/mol. The van der Waals surface area contributed by atoms with E-state index >= 15 is 9.59 Å². The van der Waals surface area contributed by atoms with Gasteiger partial charge < -0.3 is 0 Å². The molecular formula is C84H130N2O6Se2Te2. The Morgan fingerprint density at radius 2 is 0.656 bits per heavy atom. The summed E-state index contributed by atoms with van der Waals surface area (Å²) in [6.07, 6.45) is 61.6. The standard InChI is InChI=1S/C84H130N2O6Se2Te2/c1-7-11-15-19-23-27-29-33-37-41-49-67(47-39-35-31-25-21-17-13-9-3)51-43-45-57-85-72-64-70(74-55-56-75(96-74)80-78-79(92-62-61-91-78)82(94-80)81-77-76(66(6)93-81)89-59-60-90-77)84(88)86(71(72)63-69(83(85)87)73-54-53-65(5)95-73)58-46-44-52-68(48-40-36-32-26-22-18-14-10-4)50-42-38-34-30-28-24-20-16-12-8-2/h53-56,63-64,67-68H,7-52,57-62H2,1-6H3. The maximum atomic E-state index is 15.9. The number of unbranched alkanes of at least 4 members (excludes halogenated alkanes) is 34. The van der Waals surface area contributed by atoms with Gasteiger partial charge in [0.2, 0.25) is 0 Å². The number of hydrogen-bond donors (Lipinski definition) is 0. The van der Waals surface area contributed by atoms with Crippen LogP contribution in [0.3, 0.4) is 0 Å². The van der Waals surface area contributed by atoms with Gasteiger partial charge in [-0.25, -0.2) is 0 Å². The van der Waals surface area contributed by atoms with Gasteiger partial charge in [0.05, 0.1) is 0 Å². The topological polar surface area (TPSA) is 80.9 Å². The van der Waals surface area contributed by atoms with Crippen molar-refractivity contribution in [3.63, 3.8) is 0 Å². The summed E-state index contributed by atoms with van der Waals surface area (Å²) in [6, 6.07) is 13.4. The molecule has 8 heterocycles. The molecule has 0 saturated carbocycles. The minimum absolute atomic E-state index is 0.0546. The smallest absolute Gasteiger partial charge is 0.0654 e. The van der Waals surface area contributed by atoms with Crippen molar-refractivity contribution in [1.29, 1.82) is 0 Å². The van der Waals surface area contributed by atoms with Crippen molar-refractivity contribution in [2.24, 2.45) is 11.8 Å². The molecule has 0 aliphatic carbocycles. The summed E-state index contributed by atoms with van der Waals surface area (Å²) in [5.74, 6) is 5.14. The molecule has 0 spiro atoms. The summed E-state index contributed by atoms with van der Waals surface area (Å²) >= 11 is -1.66. The van der Waals surface area contributed by atoms with Crippen molar-refractivity contribution in [2.45, 2.75) is 350 Å². The van der Waals surface area contributed by atoms with Gasteiger partial charge >= 0.3 is 413 Å². The second-order valence-electron chi connectivity index (χ2n) is 29.0. The van der Waals surface area contributed by atoms with Gasteiger partial charge in [-0.2, -0.15) is 0 Å². The van der Waals surface area contributed by atoms with Crippen LogP contribution in [0.15, 0.2) is 46.0 Å². The van der Waals surface area contributed by atoms with Gasteiger partial charge in [0.15, 0.2) is 0 Å². The first kappa shape index (κ1) is 79.6. The monoisotopic (exact) mass is 1680 g/mol. The fourth-order valence-electron chi connectivity index (χ4n) is 15.2. The zero-order valence-corrected chi connectivity index (χ0v) is 69.5. The van der Waals surface area contributed by atoms with E-state index < -0.39 is 40.9 Å². The van der Waals surface area contributed by atoms with Crippen LogP contribution in [-0.2, 0) is 13.1 Å². The van der Waals surface area contributed by atoms with Gasteiger partial charge in [-0.15, -0.1) is 0 Å². The summed E-state index contributed by atoms with van der Waals surface area (Å²) in [5.41, 5.74) is 3.79. The Morgan fingerprint density at radius 3 is 1.03 bits per heavy atom. The van der Waals surface area contributed by atoms with Crippen LogP contribution in [0.1, 0.15) is 331 Å². The van der Waals surface area contributed by atoms with E-state index in [1.807, 2.05) is 0 Å². The Kier molecular flexibility index (Phi) is 38.6. The first-order chi connectivity index (χ1) is 47.2. The molecule has 12 heteroatoms. The van der Waals surface area contributed by atoms with Crippen molar-refractivity contribution in [2.75, 3.05) is 26.4 Å². The zero-order chi connectivity index (χ0) is 67.4. The van der Waals surface area contributed by atoms with Gasteiger partial charge in [0, 0.05) is 0 Å². The van der Waals surface area contributed by atoms with Crippen molar-refractivity contribution in [3.8, 4) is 58.2 Å². The fraction of sp³-hybridized carbons (Fsp3) is 0.714. The van der Waals surface area contributed by atoms with E-state index in [1.54, 1.807) is 0 Å². The van der Waals surface area contributed by atoms with Crippen LogP contribution in [0.4, 0.5) is 0 Å². The number of ether oxygens (including phenoxy) is 4. The van der Waals surface area contributed by atoms with Gasteiger partial charge in [-0.1, -0.05) is 207 Å². The second kappa shape index (κ2) is 46.5. The molecule has 8 rings (SSSR count). The zero-order valence-electron chi connectivity index (χ0n) is 61.4. The normalized spacial score (nSPS) is 13.6. The van der Waals surface area contributed by atoms with Gasteiger partial charge in [-0.3, -0.25) is 0 Å². The molecular weight excluding hydrogens is 1550 g/mol. The van der Waals surface area contributed by atoms with E-state index in [9.17, 15) is 0 Å². The molecule has 0 aromatic carbocycles. The van der Waals surface area contributed by atoms with Crippen LogP contribution < -0.4 is 30.1 Å². The SMILES string of the molecule is CCCCCCCCCCCCC(CCCCCCCCCC)CCCCn1c(=O)c(-c2ccc(C)[te]2)cc2c1cc(-c1ccc(-c3[se]c(-c4[se]c(C)c5c4OCCO5)c4c3OCCO4)[te]1)c(=O)n2CCCCC(CCCCCCCCCC)CCCCCCCCCCCC. The molecule has 6 aromatic rings. The number of hydrogen-bond acceptors (Lipinski definition) is 6. The van der Waals surface area contributed by atoms with Crippen molar-refractivity contribution in [3.05, 3.63) is 65.1 Å². The summed E-state index contributed by atoms with van der Waals surface area (Å²) < 4.78 is 40.2. The van der Waals surface area contributed by atoms with Crippen molar-refractivity contribution < 1.29 is 18.9 Å². The first-order valence-electron chi connectivity index (χ1n) is 40.0. The van der Waals surface area contributed by atoms with Crippen LogP contribution in [0.25, 0.3) is 46.2 Å². The molecule has 2 aliphatic rings. The average molecular weight is 1680 g/mol. The number of fused-ring (bicyclic) bond motifs is 3. The second-order valence-corrected chi connectivity index (χ2v) is 40.5. The molecule has 0 saturated heterocycles. The van der Waals surface area contributed by atoms with Gasteiger partial charge in [0.1, 0.15) is 0 Å². The van der Waals surface area contributed by atoms with E-state index in [2.05, 4.69) is 87.1 Å². The predicted octanol–water partition coefficient (Wildman–Crippen LogP) is 23.5. The van der Waals surface area contributed by atoms with Crippen LogP contribution in [-0.4, -0.2) is 105 Å². The molecule has 96 heavy (non-hydrogen) atoms. The molecule has 2 aliphatic heterocycles. The summed E-state index contributed by atoms with van der Waals surface area (Å²) in [5, 5.41) is 0. The van der Waals surface area contributed by atoms with E-state index in [0.717, 1.165) is 86.3 Å². The van der Waals surface area contributed by atoms with Crippen LogP contribution in [0.5, 0.6) is 23.0 Å². The third-order valence-electron chi connectivity index (χ3n) is 21.0. The van der Waals surface area contributed by atoms with Gasteiger partial charge in [0.25, 0.3) is 0 Å². The average Bonchev–Trinajstić information content (AvgIpc) is 1.23. The van der Waals surface area contributed by atoms with Crippen LogP contribution in [0.2, 0.25) is 0 Å². The van der Waals surface area contributed by atoms with Crippen molar-refractivity contribution in [1.82, 2.24) is 9.13 Å². The Balaban J connectivity index is 1.06. The Bertz CT molecular complexity index is 3230. The minimum Gasteiger partial charge on any atom is -0.0654 e. The first-order valence-corrected chi connectivity index (χ1v) is 48.1. The van der Waals surface area contributed by atoms with Crippen molar-refractivity contribution >= 4 is 80.9 Å². The number of aromatic nitrogens is 2. The maximum absolute atomic E-state index is 15.9. The molecule has 6 aromatic heterocycles. The van der Waals surface area contributed by atoms with E-state index in [1.165, 1.54) is 298 Å². The Labute approximate surface area is 615 Å². The number of pyridine rings is 2. The molecule has 2 atom stereocenters. The number of rotatable bonds is 54. The molecule has 0 bridgehead atoms. The van der Waals surface area contributed by atoms with Crippen LogP contribution >= 0.6 is 0 Å². The third kappa shape index (κ3) is 25.7. The molecule has 536 valence electrons. The Morgan fingerprint density at radius 1 is 0.354 bits per heavy atom. The van der Waals surface area contributed by atoms with E-state index in [0.29, 0.717) is 39.5 Å². The summed E-state index contributed by atoms with van der Waals surface area (Å²) in [7, 11) is 0. The molecule has 0 radical (unpaired) electrons. The fourth-order valence-corrected chi connectivity index (χ4v) is 26.8. The third-order valence-corrected chi connectivity index (χ3v) is 33.5. The van der Waals surface area contributed by atoms with E-state index in [-0.39, 0.29) is 40.1 Å². The molecule has 8 nitrogen and oxygen atoms in total. The molecule has 0 amide bonds. The quantitative estimate of drug-likeness (QED) is 0.0280. The van der Waals surface area contributed by atoms with E-state index in [4.69, 9.17) is 18.9 Å². The summed E-state index contributed by atoms with van der Waals surface area (Å²) in [4.78, 5) is 31.4. The van der Waals surface area contributed by atoms with Gasteiger partial charge in [-0.05, 0) is 0 Å². The number of nitrogens with zero attached hydrogens (tertiary/aromatic N) is 2. The molecule has 0 N–H and O–H groups in total. The Hall–Kier alpha value is -2.10. The minimum atomic E-state index is -1.03. The number of aryl methyl sites for hydroxylation is 4. The summed E-state index contributed by atoms with van der Waals surface area (Å²) in [6.45, 7) is 17.3. The molecule has 0 fully saturated rings. The molecule has 2 unspecified atom stereocenters.